The van der Waals surface area contributed by atoms with Crippen molar-refractivity contribution in [2.75, 3.05) is 24.5 Å². The first-order valence-corrected chi connectivity index (χ1v) is 11.1. The fourth-order valence-corrected chi connectivity index (χ4v) is 4.62. The van der Waals surface area contributed by atoms with Crippen LogP contribution in [-0.2, 0) is 19.5 Å². The number of aromatic nitrogens is 2. The molecule has 3 aromatic rings. The van der Waals surface area contributed by atoms with E-state index in [9.17, 15) is 9.59 Å². The summed E-state index contributed by atoms with van der Waals surface area (Å²) in [6, 6.07) is 5.66. The van der Waals surface area contributed by atoms with Crippen molar-refractivity contribution in [3.05, 3.63) is 67.4 Å². The summed E-state index contributed by atoms with van der Waals surface area (Å²) >= 11 is 0. The van der Waals surface area contributed by atoms with Gasteiger partial charge in [-0.25, -0.2) is 4.98 Å². The Morgan fingerprint density at radius 2 is 2.00 bits per heavy atom. The molecule has 2 aromatic heterocycles. The first-order valence-electron chi connectivity index (χ1n) is 11.1. The topological polar surface area (TPSA) is 82.4 Å². The standard InChI is InChI=1S/C24H28N4O3/c1-15-5-9-28(10-6-15)24-25-20-13-27(8-7-18(20)23(30)26-24)12-17-14-31-21-4-3-16(2)11-19(21)22(17)29/h3-4,11,14-15H,5-10,12-13H2,1-2H3,(H,25,26,30). The van der Waals surface area contributed by atoms with Crippen LogP contribution in [0.5, 0.6) is 0 Å². The van der Waals surface area contributed by atoms with E-state index in [0.29, 0.717) is 54.5 Å². The van der Waals surface area contributed by atoms with Crippen LogP contribution >= 0.6 is 0 Å². The summed E-state index contributed by atoms with van der Waals surface area (Å²) in [5.41, 5.74) is 3.86. The van der Waals surface area contributed by atoms with Crippen LogP contribution in [0.15, 0.2) is 38.5 Å². The second-order valence-corrected chi connectivity index (χ2v) is 9.03. The van der Waals surface area contributed by atoms with Gasteiger partial charge in [0.05, 0.1) is 17.3 Å². The van der Waals surface area contributed by atoms with Gasteiger partial charge in [0, 0.05) is 43.9 Å². The number of H-pyrrole nitrogens is 1. The van der Waals surface area contributed by atoms with Gasteiger partial charge < -0.3 is 9.32 Å². The lowest BCUT2D eigenvalue weighted by molar-refractivity contribution is 0.238. The van der Waals surface area contributed by atoms with Crippen LogP contribution in [0, 0.1) is 12.8 Å². The first kappa shape index (κ1) is 20.0. The van der Waals surface area contributed by atoms with Crippen molar-refractivity contribution >= 4 is 16.9 Å². The quantitative estimate of drug-likeness (QED) is 0.702. The normalized spacial score (nSPS) is 17.8. The Kier molecular flexibility index (Phi) is 5.14. The summed E-state index contributed by atoms with van der Waals surface area (Å²) in [5, 5.41) is 0.617. The van der Waals surface area contributed by atoms with Gasteiger partial charge >= 0.3 is 0 Å². The lowest BCUT2D eigenvalue weighted by Gasteiger charge is -2.32. The minimum absolute atomic E-state index is 0.0118. The number of fused-ring (bicyclic) bond motifs is 2. The van der Waals surface area contributed by atoms with E-state index in [1.807, 2.05) is 25.1 Å². The van der Waals surface area contributed by atoms with Crippen LogP contribution < -0.4 is 15.9 Å². The first-order chi connectivity index (χ1) is 15.0. The third-order valence-electron chi connectivity index (χ3n) is 6.62. The van der Waals surface area contributed by atoms with E-state index in [4.69, 9.17) is 9.40 Å². The van der Waals surface area contributed by atoms with Crippen LogP contribution in [0.2, 0.25) is 0 Å². The molecule has 7 nitrogen and oxygen atoms in total. The van der Waals surface area contributed by atoms with Gasteiger partial charge in [0.25, 0.3) is 5.56 Å². The Morgan fingerprint density at radius 3 is 2.81 bits per heavy atom. The molecule has 7 heteroatoms. The minimum Gasteiger partial charge on any atom is -0.464 e. The number of hydrogen-bond acceptors (Lipinski definition) is 6. The van der Waals surface area contributed by atoms with Crippen molar-refractivity contribution in [1.29, 1.82) is 0 Å². The van der Waals surface area contributed by atoms with Gasteiger partial charge in [-0.05, 0) is 44.2 Å². The summed E-state index contributed by atoms with van der Waals surface area (Å²) in [5.74, 6) is 1.40. The molecule has 0 radical (unpaired) electrons. The molecule has 31 heavy (non-hydrogen) atoms. The number of piperidine rings is 1. The molecule has 0 saturated carbocycles. The van der Waals surface area contributed by atoms with E-state index in [2.05, 4.69) is 21.7 Å². The van der Waals surface area contributed by atoms with Gasteiger partial charge in [0.15, 0.2) is 5.43 Å². The van der Waals surface area contributed by atoms with E-state index in [0.717, 1.165) is 42.8 Å². The fourth-order valence-electron chi connectivity index (χ4n) is 4.62. The molecule has 2 aliphatic rings. The SMILES string of the molecule is Cc1ccc2occ(CN3CCc4c(nc(N5CCC(C)CC5)[nH]c4=O)C3)c(=O)c2c1. The number of aryl methyl sites for hydroxylation is 1. The molecule has 2 aliphatic heterocycles. The Labute approximate surface area is 180 Å². The molecule has 4 heterocycles. The van der Waals surface area contributed by atoms with Crippen molar-refractivity contribution in [3.63, 3.8) is 0 Å². The average molecular weight is 421 g/mol. The number of anilines is 1. The summed E-state index contributed by atoms with van der Waals surface area (Å²) in [4.78, 5) is 37.8. The molecular formula is C24H28N4O3. The highest BCUT2D eigenvalue weighted by atomic mass is 16.3. The van der Waals surface area contributed by atoms with Crippen molar-refractivity contribution in [2.24, 2.45) is 5.92 Å². The summed E-state index contributed by atoms with van der Waals surface area (Å²) < 4.78 is 5.71. The maximum absolute atomic E-state index is 13.0. The molecule has 0 atom stereocenters. The lowest BCUT2D eigenvalue weighted by atomic mass is 9.99. The van der Waals surface area contributed by atoms with Gasteiger partial charge in [0.2, 0.25) is 5.95 Å². The largest absolute Gasteiger partial charge is 0.464 e. The zero-order chi connectivity index (χ0) is 21.5. The Morgan fingerprint density at radius 1 is 1.19 bits per heavy atom. The summed E-state index contributed by atoms with van der Waals surface area (Å²) in [6.07, 6.45) is 4.43. The van der Waals surface area contributed by atoms with Crippen molar-refractivity contribution in [3.8, 4) is 0 Å². The van der Waals surface area contributed by atoms with Gasteiger partial charge in [-0.1, -0.05) is 18.6 Å². The van der Waals surface area contributed by atoms with Crippen molar-refractivity contribution in [1.82, 2.24) is 14.9 Å². The van der Waals surface area contributed by atoms with Crippen molar-refractivity contribution in [2.45, 2.75) is 46.2 Å². The Bertz CT molecular complexity index is 1240. The second-order valence-electron chi connectivity index (χ2n) is 9.03. The molecule has 5 rings (SSSR count). The number of nitrogens with one attached hydrogen (secondary N) is 1. The molecule has 162 valence electrons. The zero-order valence-corrected chi connectivity index (χ0v) is 18.1. The molecule has 0 bridgehead atoms. The van der Waals surface area contributed by atoms with E-state index >= 15 is 0 Å². The van der Waals surface area contributed by atoms with Crippen LogP contribution in [0.3, 0.4) is 0 Å². The molecule has 0 spiro atoms. The minimum atomic E-state index is -0.0287. The molecule has 1 aromatic carbocycles. The molecular weight excluding hydrogens is 392 g/mol. The fraction of sp³-hybridized carbons (Fsp3) is 0.458. The van der Waals surface area contributed by atoms with Gasteiger partial charge in [-0.3, -0.25) is 19.5 Å². The molecule has 1 fully saturated rings. The third kappa shape index (κ3) is 3.90. The van der Waals surface area contributed by atoms with E-state index in [1.165, 1.54) is 0 Å². The number of rotatable bonds is 3. The highest BCUT2D eigenvalue weighted by Crippen LogP contribution is 2.22. The average Bonchev–Trinajstić information content (AvgIpc) is 2.76. The molecule has 1 saturated heterocycles. The van der Waals surface area contributed by atoms with Crippen LogP contribution in [0.4, 0.5) is 5.95 Å². The zero-order valence-electron chi connectivity index (χ0n) is 18.1. The highest BCUT2D eigenvalue weighted by Gasteiger charge is 2.25. The number of aromatic amines is 1. The number of nitrogens with zero attached hydrogens (tertiary/aromatic N) is 3. The highest BCUT2D eigenvalue weighted by molar-refractivity contribution is 5.77. The summed E-state index contributed by atoms with van der Waals surface area (Å²) in [6.45, 7) is 7.83. The molecule has 0 amide bonds. The number of hydrogen-bond donors (Lipinski definition) is 1. The van der Waals surface area contributed by atoms with E-state index < -0.39 is 0 Å². The monoisotopic (exact) mass is 420 g/mol. The smallest absolute Gasteiger partial charge is 0.255 e. The Balaban J connectivity index is 1.39. The lowest BCUT2D eigenvalue weighted by Crippen LogP contribution is -2.39. The third-order valence-corrected chi connectivity index (χ3v) is 6.62. The van der Waals surface area contributed by atoms with Crippen molar-refractivity contribution < 1.29 is 4.42 Å². The summed E-state index contributed by atoms with van der Waals surface area (Å²) in [7, 11) is 0. The molecule has 0 unspecified atom stereocenters. The Hall–Kier alpha value is -2.93. The second kappa shape index (κ2) is 7.96. The van der Waals surface area contributed by atoms with E-state index in [-0.39, 0.29) is 11.0 Å². The maximum atomic E-state index is 13.0. The molecule has 1 N–H and O–H groups in total. The maximum Gasteiger partial charge on any atom is 0.255 e. The van der Waals surface area contributed by atoms with Crippen LogP contribution in [0.1, 0.15) is 42.1 Å². The number of benzene rings is 1. The predicted octanol–water partition coefficient (Wildman–Crippen LogP) is 2.98. The van der Waals surface area contributed by atoms with Gasteiger partial charge in [-0.2, -0.15) is 0 Å². The van der Waals surface area contributed by atoms with Gasteiger partial charge in [0.1, 0.15) is 5.58 Å². The molecule has 0 aliphatic carbocycles. The van der Waals surface area contributed by atoms with Crippen LogP contribution in [-0.4, -0.2) is 34.5 Å². The van der Waals surface area contributed by atoms with Gasteiger partial charge in [-0.15, -0.1) is 0 Å². The predicted molar refractivity (Wildman–Crippen MR) is 121 cm³/mol. The van der Waals surface area contributed by atoms with E-state index in [1.54, 1.807) is 6.26 Å². The van der Waals surface area contributed by atoms with Crippen LogP contribution in [0.25, 0.3) is 11.0 Å².